The van der Waals surface area contributed by atoms with Crippen LogP contribution in [0.5, 0.6) is 0 Å². The molecule has 9 nitrogen and oxygen atoms in total. The first-order valence-corrected chi connectivity index (χ1v) is 12.1. The van der Waals surface area contributed by atoms with Crippen LogP contribution in [0.3, 0.4) is 0 Å². The summed E-state index contributed by atoms with van der Waals surface area (Å²) >= 11 is 0. The molecule has 178 valence electrons. The molecule has 0 aliphatic heterocycles. The molecule has 0 fully saturated rings. The number of halogens is 1. The van der Waals surface area contributed by atoms with Crippen LogP contribution in [-0.2, 0) is 21.0 Å². The van der Waals surface area contributed by atoms with Crippen molar-refractivity contribution in [1.82, 2.24) is 15.1 Å². The number of anilines is 1. The number of aryl methyl sites for hydroxylation is 1. The van der Waals surface area contributed by atoms with Gasteiger partial charge in [0, 0.05) is 19.2 Å². The Hall–Kier alpha value is -3.75. The van der Waals surface area contributed by atoms with Crippen LogP contribution in [0.1, 0.15) is 28.0 Å². The molecule has 1 amide bonds. The second-order valence-electron chi connectivity index (χ2n) is 7.40. The molecule has 0 radical (unpaired) electrons. The third kappa shape index (κ3) is 5.78. The minimum absolute atomic E-state index is 0.0892. The number of nitriles is 1. The largest absolute Gasteiger partial charge is 0.384 e. The van der Waals surface area contributed by atoms with Gasteiger partial charge in [-0.3, -0.25) is 4.79 Å². The van der Waals surface area contributed by atoms with Gasteiger partial charge in [0.15, 0.2) is 9.84 Å². The Labute approximate surface area is 196 Å². The number of ether oxygens (including phenoxy) is 1. The molecule has 0 unspecified atom stereocenters. The van der Waals surface area contributed by atoms with Gasteiger partial charge in [-0.25, -0.2) is 17.5 Å². The first kappa shape index (κ1) is 24.9. The summed E-state index contributed by atoms with van der Waals surface area (Å²) < 4.78 is 43.7. The van der Waals surface area contributed by atoms with Crippen molar-refractivity contribution in [2.24, 2.45) is 0 Å². The maximum atomic E-state index is 13.2. The first-order valence-electron chi connectivity index (χ1n) is 10.4. The summed E-state index contributed by atoms with van der Waals surface area (Å²) in [6, 6.07) is 13.3. The van der Waals surface area contributed by atoms with E-state index >= 15 is 0 Å². The lowest BCUT2D eigenvalue weighted by molar-refractivity contribution is 0.0953. The van der Waals surface area contributed by atoms with Gasteiger partial charge in [0.25, 0.3) is 5.91 Å². The maximum Gasteiger partial charge on any atom is 0.251 e. The zero-order valence-corrected chi connectivity index (χ0v) is 19.3. The fourth-order valence-electron chi connectivity index (χ4n) is 3.24. The molecule has 3 N–H and O–H groups in total. The lowest BCUT2D eigenvalue weighted by atomic mass is 10.1. The first-order chi connectivity index (χ1) is 16.3. The number of sulfone groups is 1. The van der Waals surface area contributed by atoms with E-state index in [2.05, 4.69) is 10.4 Å². The topological polar surface area (TPSA) is 140 Å². The van der Waals surface area contributed by atoms with E-state index in [1.807, 2.05) is 6.07 Å². The zero-order valence-electron chi connectivity index (χ0n) is 18.5. The van der Waals surface area contributed by atoms with Crippen molar-refractivity contribution in [3.63, 3.8) is 0 Å². The van der Waals surface area contributed by atoms with E-state index in [1.54, 1.807) is 0 Å². The molecule has 2 aromatic carbocycles. The highest BCUT2D eigenvalue weighted by atomic mass is 32.2. The molecule has 0 spiro atoms. The van der Waals surface area contributed by atoms with Crippen LogP contribution in [0.4, 0.5) is 10.2 Å². The highest BCUT2D eigenvalue weighted by molar-refractivity contribution is 7.91. The standard InChI is InChI=1S/C23H24FN5O4S/c1-33-13-14-34(31,32)19-10-4-16(5-11-19)23(30)27-12-2-3-21-20(15-25)22(26)29(28-21)18-8-6-17(24)7-9-18/h4-11H,2-3,12-14,26H2,1H3,(H,27,30). The molecule has 0 saturated carbocycles. The van der Waals surface area contributed by atoms with Gasteiger partial charge in [-0.1, -0.05) is 0 Å². The van der Waals surface area contributed by atoms with E-state index in [0.29, 0.717) is 36.3 Å². The summed E-state index contributed by atoms with van der Waals surface area (Å²) in [5.41, 5.74) is 7.62. The average molecular weight is 486 g/mol. The van der Waals surface area contributed by atoms with E-state index in [-0.39, 0.29) is 34.5 Å². The van der Waals surface area contributed by atoms with Gasteiger partial charge in [0.2, 0.25) is 0 Å². The number of nitrogens with one attached hydrogen (secondary N) is 1. The number of nitrogens with zero attached hydrogens (tertiary/aromatic N) is 3. The quantitative estimate of drug-likeness (QED) is 0.420. The molecular weight excluding hydrogens is 461 g/mol. The van der Waals surface area contributed by atoms with Crippen LogP contribution in [0.2, 0.25) is 0 Å². The smallest absolute Gasteiger partial charge is 0.251 e. The van der Waals surface area contributed by atoms with E-state index in [4.69, 9.17) is 10.5 Å². The van der Waals surface area contributed by atoms with Crippen LogP contribution in [0.15, 0.2) is 53.4 Å². The molecular formula is C23H24FN5O4S. The Kier molecular flexibility index (Phi) is 7.99. The number of methoxy groups -OCH3 is 1. The van der Waals surface area contributed by atoms with E-state index in [9.17, 15) is 22.9 Å². The number of rotatable bonds is 10. The van der Waals surface area contributed by atoms with Gasteiger partial charge in [0.1, 0.15) is 23.3 Å². The fourth-order valence-corrected chi connectivity index (χ4v) is 4.41. The number of hydrogen-bond donors (Lipinski definition) is 2. The number of carbonyl (C=O) groups is 1. The second kappa shape index (κ2) is 10.9. The predicted molar refractivity (Wildman–Crippen MR) is 124 cm³/mol. The van der Waals surface area contributed by atoms with Gasteiger partial charge in [-0.05, 0) is 61.4 Å². The Morgan fingerprint density at radius 2 is 1.88 bits per heavy atom. The van der Waals surface area contributed by atoms with Crippen molar-refractivity contribution in [2.75, 3.05) is 31.7 Å². The summed E-state index contributed by atoms with van der Waals surface area (Å²) in [7, 11) is -2.04. The molecule has 11 heteroatoms. The van der Waals surface area contributed by atoms with Crippen molar-refractivity contribution in [2.45, 2.75) is 17.7 Å². The van der Waals surface area contributed by atoms with Crippen LogP contribution >= 0.6 is 0 Å². The minimum atomic E-state index is -3.47. The molecule has 34 heavy (non-hydrogen) atoms. The van der Waals surface area contributed by atoms with Crippen LogP contribution in [0.25, 0.3) is 5.69 Å². The lowest BCUT2D eigenvalue weighted by Gasteiger charge is -2.07. The SMILES string of the molecule is COCCS(=O)(=O)c1ccc(C(=O)NCCCc2nn(-c3ccc(F)cc3)c(N)c2C#N)cc1. The minimum Gasteiger partial charge on any atom is -0.384 e. The zero-order chi connectivity index (χ0) is 24.7. The monoisotopic (exact) mass is 485 g/mol. The second-order valence-corrected chi connectivity index (χ2v) is 9.51. The molecule has 3 rings (SSSR count). The van der Waals surface area contributed by atoms with Gasteiger partial charge >= 0.3 is 0 Å². The third-order valence-corrected chi connectivity index (χ3v) is 6.78. The summed E-state index contributed by atoms with van der Waals surface area (Å²) in [4.78, 5) is 12.5. The highest BCUT2D eigenvalue weighted by Gasteiger charge is 2.17. The molecule has 0 aliphatic carbocycles. The Bertz CT molecular complexity index is 1300. The fraction of sp³-hybridized carbons (Fsp3) is 0.261. The molecule has 0 saturated heterocycles. The molecule has 0 atom stereocenters. The number of aromatic nitrogens is 2. The van der Waals surface area contributed by atoms with Crippen molar-refractivity contribution in [3.05, 3.63) is 71.2 Å². The summed E-state index contributed by atoms with van der Waals surface area (Å²) in [6.45, 7) is 0.396. The van der Waals surface area contributed by atoms with Gasteiger partial charge in [-0.15, -0.1) is 0 Å². The number of amides is 1. The van der Waals surface area contributed by atoms with Crippen LogP contribution in [0, 0.1) is 17.1 Å². The van der Waals surface area contributed by atoms with Gasteiger partial charge in [0.05, 0.1) is 28.6 Å². The molecule has 1 heterocycles. The van der Waals surface area contributed by atoms with E-state index in [0.717, 1.165) is 0 Å². The Morgan fingerprint density at radius 1 is 1.21 bits per heavy atom. The number of nitrogens with two attached hydrogens (primary N) is 1. The molecule has 1 aromatic heterocycles. The lowest BCUT2D eigenvalue weighted by Crippen LogP contribution is -2.25. The number of benzene rings is 2. The normalized spacial score (nSPS) is 11.2. The number of nitrogen functional groups attached to an aromatic ring is 1. The van der Waals surface area contributed by atoms with Gasteiger partial charge in [-0.2, -0.15) is 10.4 Å². The highest BCUT2D eigenvalue weighted by Crippen LogP contribution is 2.21. The van der Waals surface area contributed by atoms with Crippen molar-refractivity contribution in [1.29, 1.82) is 5.26 Å². The summed E-state index contributed by atoms with van der Waals surface area (Å²) in [6.07, 6.45) is 0.877. The average Bonchev–Trinajstić information content (AvgIpc) is 3.16. The number of hydrogen-bond acceptors (Lipinski definition) is 7. The maximum absolute atomic E-state index is 13.2. The Balaban J connectivity index is 1.58. The van der Waals surface area contributed by atoms with Crippen molar-refractivity contribution >= 4 is 21.6 Å². The van der Waals surface area contributed by atoms with Crippen molar-refractivity contribution in [3.8, 4) is 11.8 Å². The van der Waals surface area contributed by atoms with E-state index in [1.165, 1.54) is 60.3 Å². The van der Waals surface area contributed by atoms with E-state index < -0.39 is 15.7 Å². The predicted octanol–water partition coefficient (Wildman–Crippen LogP) is 2.25. The summed E-state index contributed by atoms with van der Waals surface area (Å²) in [5, 5.41) is 16.6. The Morgan fingerprint density at radius 3 is 2.50 bits per heavy atom. The number of carbonyl (C=O) groups excluding carboxylic acids is 1. The third-order valence-electron chi connectivity index (χ3n) is 5.08. The van der Waals surface area contributed by atoms with Crippen molar-refractivity contribution < 1.29 is 22.3 Å². The van der Waals surface area contributed by atoms with Crippen LogP contribution in [-0.4, -0.2) is 50.1 Å². The molecule has 0 bridgehead atoms. The summed E-state index contributed by atoms with van der Waals surface area (Å²) in [5.74, 6) is -0.721. The molecule has 0 aliphatic rings. The van der Waals surface area contributed by atoms with Gasteiger partial charge < -0.3 is 15.8 Å². The van der Waals surface area contributed by atoms with Crippen LogP contribution < -0.4 is 11.1 Å². The molecule has 3 aromatic rings.